The van der Waals surface area contributed by atoms with Crippen LogP contribution in [0.5, 0.6) is 0 Å². The summed E-state index contributed by atoms with van der Waals surface area (Å²) in [6, 6.07) is 7.24. The van der Waals surface area contributed by atoms with Gasteiger partial charge in [-0.3, -0.25) is 19.3 Å². The predicted molar refractivity (Wildman–Crippen MR) is 169 cm³/mol. The highest BCUT2D eigenvalue weighted by atomic mass is 35.5. The number of nitrogens with zero attached hydrogens (tertiary/aromatic N) is 6. The largest absolute Gasteiger partial charge is 0.464 e. The van der Waals surface area contributed by atoms with Crippen molar-refractivity contribution in [3.05, 3.63) is 61.9 Å². The molecule has 0 saturated carbocycles. The number of ether oxygens (including phenoxy) is 2. The first kappa shape index (κ1) is 34.3. The molecule has 16 nitrogen and oxygen atoms in total. The lowest BCUT2D eigenvalue weighted by Gasteiger charge is -2.35. The average molecular weight is 677 g/mol. The van der Waals surface area contributed by atoms with Crippen molar-refractivity contribution < 1.29 is 33.8 Å². The molecule has 2 aromatic heterocycles. The minimum absolute atomic E-state index is 0.149. The number of rotatable bonds is 15. The lowest BCUT2D eigenvalue weighted by Crippen LogP contribution is -2.47. The summed E-state index contributed by atoms with van der Waals surface area (Å²) in [4.78, 5) is 68.6. The third-order valence-electron chi connectivity index (χ3n) is 6.69. The first-order chi connectivity index (χ1) is 22.1. The quantitative estimate of drug-likeness (QED) is 0.103. The Morgan fingerprint density at radius 1 is 1.04 bits per heavy atom. The molecule has 46 heavy (non-hydrogen) atoms. The monoisotopic (exact) mass is 676 g/mol. The highest BCUT2D eigenvalue weighted by molar-refractivity contribution is 7.17. The molecule has 3 aromatic rings. The van der Waals surface area contributed by atoms with Crippen LogP contribution in [0.3, 0.4) is 0 Å². The van der Waals surface area contributed by atoms with Gasteiger partial charge in [-0.05, 0) is 25.5 Å². The van der Waals surface area contributed by atoms with Gasteiger partial charge < -0.3 is 29.8 Å². The summed E-state index contributed by atoms with van der Waals surface area (Å²) in [5.41, 5.74) is 1.42. The molecule has 0 bridgehead atoms. The molecule has 1 amide bonds. The van der Waals surface area contributed by atoms with Crippen molar-refractivity contribution in [2.75, 3.05) is 68.1 Å². The van der Waals surface area contributed by atoms with Gasteiger partial charge in [-0.1, -0.05) is 35.1 Å². The van der Waals surface area contributed by atoms with E-state index in [-0.39, 0.29) is 38.6 Å². The molecular formula is C28H33ClN8O8S. The maximum Gasteiger partial charge on any atom is 0.306 e. The Labute approximate surface area is 273 Å². The van der Waals surface area contributed by atoms with Crippen LogP contribution in [0.4, 0.5) is 22.5 Å². The van der Waals surface area contributed by atoms with E-state index in [2.05, 4.69) is 40.2 Å². The fourth-order valence-electron chi connectivity index (χ4n) is 4.39. The van der Waals surface area contributed by atoms with E-state index in [1.165, 1.54) is 17.5 Å². The second-order valence-corrected chi connectivity index (χ2v) is 11.5. The zero-order chi connectivity index (χ0) is 33.1. The van der Waals surface area contributed by atoms with Gasteiger partial charge in [0.2, 0.25) is 0 Å². The number of nitrogens with one attached hydrogen (secondary N) is 2. The van der Waals surface area contributed by atoms with E-state index in [1.54, 1.807) is 13.0 Å². The zero-order valence-electron chi connectivity index (χ0n) is 25.2. The number of amides is 1. The summed E-state index contributed by atoms with van der Waals surface area (Å²) in [7, 11) is 0. The van der Waals surface area contributed by atoms with Gasteiger partial charge in [0.05, 0.1) is 29.7 Å². The maximum atomic E-state index is 12.8. The average Bonchev–Trinajstić information content (AvgIpc) is 3.48. The van der Waals surface area contributed by atoms with Crippen LogP contribution in [0.15, 0.2) is 30.5 Å². The molecule has 18 heteroatoms. The molecule has 0 aliphatic carbocycles. The maximum absolute atomic E-state index is 12.8. The molecule has 0 atom stereocenters. The van der Waals surface area contributed by atoms with Gasteiger partial charge in [0.1, 0.15) is 42.2 Å². The topological polar surface area (TPSA) is 191 Å². The second kappa shape index (κ2) is 16.6. The summed E-state index contributed by atoms with van der Waals surface area (Å²) in [6.07, 6.45) is 1.16. The number of hydrogen-bond acceptors (Lipinski definition) is 15. The fraction of sp³-hybridized carbons (Fsp3) is 0.429. The van der Waals surface area contributed by atoms with Crippen LogP contribution in [0.2, 0.25) is 5.02 Å². The van der Waals surface area contributed by atoms with E-state index in [9.17, 15) is 24.5 Å². The molecule has 4 rings (SSSR count). The first-order valence-corrected chi connectivity index (χ1v) is 15.5. The van der Waals surface area contributed by atoms with Gasteiger partial charge in [-0.2, -0.15) is 0 Å². The molecule has 0 unspecified atom stereocenters. The molecule has 1 saturated heterocycles. The molecule has 0 spiro atoms. The molecule has 3 heterocycles. The van der Waals surface area contributed by atoms with E-state index >= 15 is 0 Å². The van der Waals surface area contributed by atoms with Crippen molar-refractivity contribution in [2.45, 2.75) is 26.7 Å². The summed E-state index contributed by atoms with van der Waals surface area (Å²) in [5.74, 6) is 0.371. The molecule has 0 radical (unpaired) electrons. The molecule has 1 fully saturated rings. The van der Waals surface area contributed by atoms with Crippen LogP contribution < -0.4 is 15.5 Å². The van der Waals surface area contributed by atoms with Crippen molar-refractivity contribution in [1.29, 1.82) is 0 Å². The number of esters is 2. The molecule has 1 aliphatic rings. The first-order valence-electron chi connectivity index (χ1n) is 14.3. The number of piperazine rings is 1. The lowest BCUT2D eigenvalue weighted by molar-refractivity contribution is -0.757. The van der Waals surface area contributed by atoms with E-state index in [0.29, 0.717) is 52.0 Å². The van der Waals surface area contributed by atoms with E-state index in [0.717, 1.165) is 24.5 Å². The Hall–Kier alpha value is -4.61. The van der Waals surface area contributed by atoms with Crippen molar-refractivity contribution in [3.8, 4) is 0 Å². The summed E-state index contributed by atoms with van der Waals surface area (Å²) in [5, 5.41) is 16.1. The van der Waals surface area contributed by atoms with Crippen LogP contribution in [-0.4, -0.2) is 95.3 Å². The molecule has 1 aromatic carbocycles. The van der Waals surface area contributed by atoms with Crippen molar-refractivity contribution in [1.82, 2.24) is 19.9 Å². The number of benzene rings is 1. The molecular weight excluding hydrogens is 644 g/mol. The highest BCUT2D eigenvalue weighted by Gasteiger charge is 2.20. The van der Waals surface area contributed by atoms with Crippen LogP contribution in [0.25, 0.3) is 0 Å². The van der Waals surface area contributed by atoms with Gasteiger partial charge in [0.25, 0.3) is 11.0 Å². The number of halogens is 1. The third-order valence-corrected chi connectivity index (χ3v) is 7.92. The number of thiazole rings is 1. The normalized spacial score (nSPS) is 13.2. The van der Waals surface area contributed by atoms with Crippen LogP contribution in [0, 0.1) is 24.0 Å². The number of aromatic nitrogens is 3. The fourth-order valence-corrected chi connectivity index (χ4v) is 5.38. The molecule has 2 N–H and O–H groups in total. The standard InChI is InChI=1S/C28H33ClN8O8S/c1-18-4-3-5-20(29)26(18)34-27(40)21-17-30-28(46-21)33-22-16-23(32-19(2)31-22)36-10-8-35(9-11-36)12-13-43-24(38)6-7-25(39)44-14-15-45-37(41)42/h3-5,16-17H,6-15H2,1-2H3,(H,34,40)(H,30,31,32,33). The Morgan fingerprint density at radius 3 is 2.46 bits per heavy atom. The Bertz CT molecular complexity index is 1530. The molecule has 246 valence electrons. The smallest absolute Gasteiger partial charge is 0.306 e. The predicted octanol–water partition coefficient (Wildman–Crippen LogP) is 3.40. The van der Waals surface area contributed by atoms with Gasteiger partial charge in [0.15, 0.2) is 5.13 Å². The van der Waals surface area contributed by atoms with Crippen LogP contribution in [0.1, 0.15) is 33.9 Å². The highest BCUT2D eigenvalue weighted by Crippen LogP contribution is 2.28. The molecule has 1 aliphatic heterocycles. The van der Waals surface area contributed by atoms with E-state index in [4.69, 9.17) is 21.1 Å². The van der Waals surface area contributed by atoms with Crippen molar-refractivity contribution >= 4 is 63.2 Å². The van der Waals surface area contributed by atoms with E-state index < -0.39 is 17.0 Å². The van der Waals surface area contributed by atoms with Crippen LogP contribution in [-0.2, 0) is 23.9 Å². The number of carbonyl (C=O) groups is 3. The van der Waals surface area contributed by atoms with Gasteiger partial charge in [-0.15, -0.1) is 10.1 Å². The number of para-hydroxylation sites is 1. The minimum atomic E-state index is -0.980. The minimum Gasteiger partial charge on any atom is -0.464 e. The number of carbonyl (C=O) groups excluding carboxylic acids is 3. The Morgan fingerprint density at radius 2 is 1.76 bits per heavy atom. The summed E-state index contributed by atoms with van der Waals surface area (Å²) >= 11 is 7.43. The summed E-state index contributed by atoms with van der Waals surface area (Å²) in [6.45, 7) is 6.57. The van der Waals surface area contributed by atoms with Crippen molar-refractivity contribution in [2.24, 2.45) is 0 Å². The second-order valence-electron chi connectivity index (χ2n) is 10.0. The number of anilines is 4. The van der Waals surface area contributed by atoms with Gasteiger partial charge in [0, 0.05) is 38.8 Å². The van der Waals surface area contributed by atoms with Gasteiger partial charge in [-0.25, -0.2) is 15.0 Å². The van der Waals surface area contributed by atoms with Crippen LogP contribution >= 0.6 is 22.9 Å². The van der Waals surface area contributed by atoms with Gasteiger partial charge >= 0.3 is 11.9 Å². The Kier molecular flexibility index (Phi) is 12.4. The van der Waals surface area contributed by atoms with Crippen molar-refractivity contribution in [3.63, 3.8) is 0 Å². The summed E-state index contributed by atoms with van der Waals surface area (Å²) < 4.78 is 9.97. The number of aryl methyl sites for hydroxylation is 2. The third kappa shape index (κ3) is 10.5. The zero-order valence-corrected chi connectivity index (χ0v) is 26.8. The Balaban J connectivity index is 1.19. The lowest BCUT2D eigenvalue weighted by atomic mass is 10.2. The SMILES string of the molecule is Cc1nc(Nc2ncc(C(=O)Nc3c(C)cccc3Cl)s2)cc(N2CCN(CCOC(=O)CCC(=O)OCCO[N+](=O)[O-])CC2)n1. The van der Waals surface area contributed by atoms with E-state index in [1.807, 2.05) is 25.1 Å². The number of hydrogen-bond donors (Lipinski definition) is 2.